The number of hydrogen-bond donors (Lipinski definition) is 0. The van der Waals surface area contributed by atoms with Gasteiger partial charge in [-0.3, -0.25) is 14.4 Å². The van der Waals surface area contributed by atoms with Crippen molar-refractivity contribution in [2.45, 2.75) is 25.8 Å². The van der Waals surface area contributed by atoms with Crippen LogP contribution in [0.5, 0.6) is 0 Å². The fourth-order valence-corrected chi connectivity index (χ4v) is 4.32. The standard InChI is InChI=1S/C21H28N4O/c1-3-16-11-25(12-16)21(26)20-15-24(10-17-7-5-4-6-8-17)14-19(20)18-9-22-23(2)13-18/h4-9,13,16,19-20H,3,10-12,14-15H2,1-2H3/t19-,20+/m0/s1. The van der Waals surface area contributed by atoms with Gasteiger partial charge in [0, 0.05) is 51.9 Å². The van der Waals surface area contributed by atoms with Gasteiger partial charge in [-0.05, 0) is 23.5 Å². The summed E-state index contributed by atoms with van der Waals surface area (Å²) in [5, 5.41) is 4.34. The summed E-state index contributed by atoms with van der Waals surface area (Å²) in [5.74, 6) is 1.30. The molecule has 2 aliphatic heterocycles. The molecule has 3 heterocycles. The molecule has 1 aromatic heterocycles. The summed E-state index contributed by atoms with van der Waals surface area (Å²) in [6.07, 6.45) is 5.17. The highest BCUT2D eigenvalue weighted by Crippen LogP contribution is 2.36. The predicted octanol–water partition coefficient (Wildman–Crippen LogP) is 2.50. The first-order valence-corrected chi connectivity index (χ1v) is 9.67. The molecule has 2 aliphatic rings. The van der Waals surface area contributed by atoms with E-state index in [1.165, 1.54) is 17.5 Å². The van der Waals surface area contributed by atoms with Crippen LogP contribution in [-0.2, 0) is 18.4 Å². The van der Waals surface area contributed by atoms with Crippen molar-refractivity contribution >= 4 is 5.91 Å². The Labute approximate surface area is 155 Å². The van der Waals surface area contributed by atoms with Crippen molar-refractivity contribution in [1.29, 1.82) is 0 Å². The minimum atomic E-state index is 0.0423. The second-order valence-corrected chi connectivity index (χ2v) is 7.86. The molecule has 0 N–H and O–H groups in total. The highest BCUT2D eigenvalue weighted by Gasteiger charge is 2.43. The molecule has 5 heteroatoms. The highest BCUT2D eigenvalue weighted by molar-refractivity contribution is 5.81. The highest BCUT2D eigenvalue weighted by atomic mass is 16.2. The van der Waals surface area contributed by atoms with Gasteiger partial charge < -0.3 is 4.90 Å². The van der Waals surface area contributed by atoms with E-state index in [1.807, 2.05) is 24.0 Å². The van der Waals surface area contributed by atoms with Crippen molar-refractivity contribution in [3.05, 3.63) is 53.9 Å². The molecule has 2 saturated heterocycles. The Balaban J connectivity index is 1.50. The molecule has 0 aliphatic carbocycles. The van der Waals surface area contributed by atoms with Gasteiger partial charge in [0.1, 0.15) is 0 Å². The lowest BCUT2D eigenvalue weighted by molar-refractivity contribution is -0.142. The van der Waals surface area contributed by atoms with Crippen LogP contribution in [0.15, 0.2) is 42.7 Å². The molecule has 1 amide bonds. The molecule has 2 fully saturated rings. The zero-order chi connectivity index (χ0) is 18.1. The molecular formula is C21H28N4O. The van der Waals surface area contributed by atoms with Crippen molar-refractivity contribution in [2.24, 2.45) is 18.9 Å². The lowest BCUT2D eigenvalue weighted by atomic mass is 9.87. The van der Waals surface area contributed by atoms with E-state index >= 15 is 0 Å². The number of likely N-dealkylation sites (tertiary alicyclic amines) is 2. The Morgan fingerprint density at radius 1 is 1.15 bits per heavy atom. The average Bonchev–Trinajstić information content (AvgIpc) is 3.21. The fourth-order valence-electron chi connectivity index (χ4n) is 4.32. The third-order valence-corrected chi connectivity index (χ3v) is 5.96. The van der Waals surface area contributed by atoms with Crippen molar-refractivity contribution in [2.75, 3.05) is 26.2 Å². The zero-order valence-electron chi connectivity index (χ0n) is 15.7. The van der Waals surface area contributed by atoms with Crippen LogP contribution in [0.4, 0.5) is 0 Å². The Morgan fingerprint density at radius 2 is 1.92 bits per heavy atom. The molecule has 0 radical (unpaired) electrons. The molecule has 0 bridgehead atoms. The third-order valence-electron chi connectivity index (χ3n) is 5.96. The van der Waals surface area contributed by atoms with Crippen molar-refractivity contribution < 1.29 is 4.79 Å². The van der Waals surface area contributed by atoms with Gasteiger partial charge in [-0.1, -0.05) is 37.3 Å². The second kappa shape index (κ2) is 7.23. The van der Waals surface area contributed by atoms with Crippen LogP contribution in [0.3, 0.4) is 0 Å². The summed E-state index contributed by atoms with van der Waals surface area (Å²) in [4.78, 5) is 17.6. The molecule has 4 rings (SSSR count). The smallest absolute Gasteiger partial charge is 0.227 e. The van der Waals surface area contributed by atoms with Crippen LogP contribution in [-0.4, -0.2) is 51.7 Å². The maximum atomic E-state index is 13.1. The maximum absolute atomic E-state index is 13.1. The van der Waals surface area contributed by atoms with E-state index in [4.69, 9.17) is 0 Å². The molecule has 26 heavy (non-hydrogen) atoms. The number of amides is 1. The van der Waals surface area contributed by atoms with Crippen LogP contribution in [0.25, 0.3) is 0 Å². The van der Waals surface area contributed by atoms with Gasteiger partial charge in [-0.15, -0.1) is 0 Å². The summed E-state index contributed by atoms with van der Waals surface area (Å²) in [6, 6.07) is 10.5. The van der Waals surface area contributed by atoms with Crippen molar-refractivity contribution in [1.82, 2.24) is 19.6 Å². The number of aromatic nitrogens is 2. The van der Waals surface area contributed by atoms with Crippen LogP contribution in [0, 0.1) is 11.8 Å². The first-order valence-electron chi connectivity index (χ1n) is 9.67. The minimum Gasteiger partial charge on any atom is -0.342 e. The number of carbonyl (C=O) groups is 1. The topological polar surface area (TPSA) is 41.4 Å². The summed E-state index contributed by atoms with van der Waals surface area (Å²) < 4.78 is 1.84. The normalized spacial score (nSPS) is 24.0. The van der Waals surface area contributed by atoms with Crippen LogP contribution < -0.4 is 0 Å². The first kappa shape index (κ1) is 17.3. The van der Waals surface area contributed by atoms with Gasteiger partial charge in [0.15, 0.2) is 0 Å². The largest absolute Gasteiger partial charge is 0.342 e. The van der Waals surface area contributed by atoms with Gasteiger partial charge in [0.25, 0.3) is 0 Å². The van der Waals surface area contributed by atoms with E-state index in [0.717, 1.165) is 32.7 Å². The second-order valence-electron chi connectivity index (χ2n) is 7.86. The lowest BCUT2D eigenvalue weighted by Crippen LogP contribution is -2.52. The van der Waals surface area contributed by atoms with Gasteiger partial charge in [0.05, 0.1) is 12.1 Å². The maximum Gasteiger partial charge on any atom is 0.227 e. The molecule has 0 unspecified atom stereocenters. The molecular weight excluding hydrogens is 324 g/mol. The van der Waals surface area contributed by atoms with Gasteiger partial charge in [-0.25, -0.2) is 0 Å². The van der Waals surface area contributed by atoms with E-state index in [1.54, 1.807) is 0 Å². The summed E-state index contributed by atoms with van der Waals surface area (Å²) in [6.45, 7) is 6.73. The number of nitrogens with zero attached hydrogens (tertiary/aromatic N) is 4. The van der Waals surface area contributed by atoms with Gasteiger partial charge in [-0.2, -0.15) is 5.10 Å². The van der Waals surface area contributed by atoms with Gasteiger partial charge >= 0.3 is 0 Å². The van der Waals surface area contributed by atoms with Crippen LogP contribution in [0.2, 0.25) is 0 Å². The Bertz CT molecular complexity index is 750. The van der Waals surface area contributed by atoms with Crippen molar-refractivity contribution in [3.8, 4) is 0 Å². The molecule has 2 atom stereocenters. The quantitative estimate of drug-likeness (QED) is 0.830. The van der Waals surface area contributed by atoms with E-state index in [0.29, 0.717) is 11.8 Å². The average molecular weight is 352 g/mol. The number of rotatable bonds is 5. The van der Waals surface area contributed by atoms with Gasteiger partial charge in [0.2, 0.25) is 5.91 Å². The minimum absolute atomic E-state index is 0.0423. The fraction of sp³-hybridized carbons (Fsp3) is 0.524. The van der Waals surface area contributed by atoms with Crippen LogP contribution >= 0.6 is 0 Å². The van der Waals surface area contributed by atoms with E-state index < -0.39 is 0 Å². The SMILES string of the molecule is CCC1CN(C(=O)[C@@H]2CN(Cc3ccccc3)C[C@H]2c2cnn(C)c2)C1. The molecule has 1 aromatic carbocycles. The number of hydrogen-bond acceptors (Lipinski definition) is 3. The van der Waals surface area contributed by atoms with E-state index in [2.05, 4.69) is 52.3 Å². The zero-order valence-corrected chi connectivity index (χ0v) is 15.7. The molecule has 0 spiro atoms. The summed E-state index contributed by atoms with van der Waals surface area (Å²) in [5.41, 5.74) is 2.49. The third kappa shape index (κ3) is 3.40. The Kier molecular flexibility index (Phi) is 4.81. The first-order chi connectivity index (χ1) is 12.6. The molecule has 5 nitrogen and oxygen atoms in total. The Hall–Kier alpha value is -2.14. The van der Waals surface area contributed by atoms with E-state index in [9.17, 15) is 4.79 Å². The van der Waals surface area contributed by atoms with Crippen molar-refractivity contribution in [3.63, 3.8) is 0 Å². The molecule has 0 saturated carbocycles. The van der Waals surface area contributed by atoms with E-state index in [-0.39, 0.29) is 11.8 Å². The summed E-state index contributed by atoms with van der Waals surface area (Å²) in [7, 11) is 1.94. The number of aryl methyl sites for hydroxylation is 1. The molecule has 2 aromatic rings. The summed E-state index contributed by atoms with van der Waals surface area (Å²) >= 11 is 0. The lowest BCUT2D eigenvalue weighted by Gasteiger charge is -2.41. The number of carbonyl (C=O) groups excluding carboxylic acids is 1. The Morgan fingerprint density at radius 3 is 2.58 bits per heavy atom. The molecule has 138 valence electrons. The monoisotopic (exact) mass is 352 g/mol. The van der Waals surface area contributed by atoms with Crippen LogP contribution in [0.1, 0.15) is 30.4 Å². The predicted molar refractivity (Wildman–Crippen MR) is 102 cm³/mol. The number of benzene rings is 1.